The van der Waals surface area contributed by atoms with E-state index in [1.165, 1.54) is 0 Å². The summed E-state index contributed by atoms with van der Waals surface area (Å²) in [6.07, 6.45) is 5.28. The SMILES string of the molecule is CCCC(CC)NC(C)(C(=O)O)C1CC1. The minimum absolute atomic E-state index is 0.334. The molecule has 3 heteroatoms. The van der Waals surface area contributed by atoms with E-state index < -0.39 is 11.5 Å². The lowest BCUT2D eigenvalue weighted by Gasteiger charge is -2.31. The highest BCUT2D eigenvalue weighted by Crippen LogP contribution is 2.40. The van der Waals surface area contributed by atoms with Crippen LogP contribution in [0.25, 0.3) is 0 Å². The number of carboxylic acids is 1. The van der Waals surface area contributed by atoms with Crippen molar-refractivity contribution in [3.8, 4) is 0 Å². The van der Waals surface area contributed by atoms with Crippen molar-refractivity contribution >= 4 is 5.97 Å². The number of rotatable bonds is 7. The average molecular weight is 213 g/mol. The largest absolute Gasteiger partial charge is 0.480 e. The molecule has 0 bridgehead atoms. The summed E-state index contributed by atoms with van der Waals surface area (Å²) in [5, 5.41) is 12.6. The molecule has 1 fully saturated rings. The first kappa shape index (κ1) is 12.5. The molecule has 0 aliphatic heterocycles. The van der Waals surface area contributed by atoms with E-state index in [9.17, 15) is 9.90 Å². The molecule has 2 N–H and O–H groups in total. The highest BCUT2D eigenvalue weighted by Gasteiger charge is 2.47. The highest BCUT2D eigenvalue weighted by atomic mass is 16.4. The molecule has 0 heterocycles. The predicted molar refractivity (Wildman–Crippen MR) is 60.9 cm³/mol. The van der Waals surface area contributed by atoms with Crippen LogP contribution in [0.15, 0.2) is 0 Å². The summed E-state index contributed by atoms with van der Waals surface area (Å²) in [5.41, 5.74) is -0.699. The molecule has 0 aromatic heterocycles. The number of carbonyl (C=O) groups is 1. The van der Waals surface area contributed by atoms with E-state index >= 15 is 0 Å². The number of hydrogen-bond donors (Lipinski definition) is 2. The Hall–Kier alpha value is -0.570. The molecule has 1 aliphatic rings. The van der Waals surface area contributed by atoms with Crippen molar-refractivity contribution in [1.82, 2.24) is 5.32 Å². The molecule has 0 radical (unpaired) electrons. The normalized spacial score (nSPS) is 22.1. The standard InChI is InChI=1S/C12H23NO2/c1-4-6-10(5-2)13-12(3,11(14)15)9-7-8-9/h9-10,13H,4-8H2,1-3H3,(H,14,15). The van der Waals surface area contributed by atoms with Crippen LogP contribution in [0.1, 0.15) is 52.9 Å². The molecule has 0 saturated heterocycles. The van der Waals surface area contributed by atoms with E-state index in [4.69, 9.17) is 0 Å². The van der Waals surface area contributed by atoms with Crippen molar-refractivity contribution in [2.75, 3.05) is 0 Å². The van der Waals surface area contributed by atoms with Gasteiger partial charge in [0.05, 0.1) is 0 Å². The Morgan fingerprint density at radius 2 is 2.13 bits per heavy atom. The lowest BCUT2D eigenvalue weighted by molar-refractivity contribution is -0.145. The van der Waals surface area contributed by atoms with Crippen LogP contribution in [0.4, 0.5) is 0 Å². The topological polar surface area (TPSA) is 49.3 Å². The van der Waals surface area contributed by atoms with Crippen molar-refractivity contribution in [2.24, 2.45) is 5.92 Å². The van der Waals surface area contributed by atoms with Gasteiger partial charge in [-0.2, -0.15) is 0 Å². The highest BCUT2D eigenvalue weighted by molar-refractivity contribution is 5.79. The van der Waals surface area contributed by atoms with Crippen LogP contribution in [0, 0.1) is 5.92 Å². The second-order valence-corrected chi connectivity index (χ2v) is 4.82. The Labute approximate surface area is 92.3 Å². The molecule has 2 atom stereocenters. The molecule has 88 valence electrons. The first-order valence-corrected chi connectivity index (χ1v) is 6.05. The van der Waals surface area contributed by atoms with Gasteiger partial charge in [-0.05, 0) is 38.5 Å². The Balaban J connectivity index is 2.60. The van der Waals surface area contributed by atoms with E-state index in [0.29, 0.717) is 12.0 Å². The van der Waals surface area contributed by atoms with E-state index in [2.05, 4.69) is 19.2 Å². The monoisotopic (exact) mass is 213 g/mol. The molecule has 2 unspecified atom stereocenters. The van der Waals surface area contributed by atoms with Crippen LogP contribution < -0.4 is 5.32 Å². The molecule has 0 aromatic rings. The molecular formula is C12H23NO2. The van der Waals surface area contributed by atoms with Crippen LogP contribution in [0.5, 0.6) is 0 Å². The van der Waals surface area contributed by atoms with Crippen LogP contribution in [0.3, 0.4) is 0 Å². The third kappa shape index (κ3) is 2.94. The van der Waals surface area contributed by atoms with E-state index in [0.717, 1.165) is 32.1 Å². The fraction of sp³-hybridized carbons (Fsp3) is 0.917. The van der Waals surface area contributed by atoms with Gasteiger partial charge in [0, 0.05) is 6.04 Å². The van der Waals surface area contributed by atoms with Crippen LogP contribution in [-0.4, -0.2) is 22.7 Å². The van der Waals surface area contributed by atoms with Crippen molar-refractivity contribution in [2.45, 2.75) is 64.5 Å². The zero-order chi connectivity index (χ0) is 11.5. The smallest absolute Gasteiger partial charge is 0.323 e. The fourth-order valence-electron chi connectivity index (χ4n) is 2.17. The minimum atomic E-state index is -0.699. The Morgan fingerprint density at radius 3 is 2.47 bits per heavy atom. The van der Waals surface area contributed by atoms with Crippen molar-refractivity contribution in [3.05, 3.63) is 0 Å². The van der Waals surface area contributed by atoms with Crippen molar-refractivity contribution in [3.63, 3.8) is 0 Å². The van der Waals surface area contributed by atoms with Gasteiger partial charge in [-0.3, -0.25) is 10.1 Å². The molecule has 0 amide bonds. The summed E-state index contributed by atoms with van der Waals surface area (Å²) in [4.78, 5) is 11.3. The van der Waals surface area contributed by atoms with Gasteiger partial charge in [-0.1, -0.05) is 20.3 Å². The van der Waals surface area contributed by atoms with Gasteiger partial charge < -0.3 is 5.11 Å². The lowest BCUT2D eigenvalue weighted by Crippen LogP contribution is -2.55. The average Bonchev–Trinajstić information content (AvgIpc) is 2.99. The van der Waals surface area contributed by atoms with E-state index in [1.807, 2.05) is 6.92 Å². The van der Waals surface area contributed by atoms with Gasteiger partial charge in [0.1, 0.15) is 5.54 Å². The minimum Gasteiger partial charge on any atom is -0.480 e. The summed E-state index contributed by atoms with van der Waals surface area (Å²) < 4.78 is 0. The van der Waals surface area contributed by atoms with Crippen LogP contribution in [-0.2, 0) is 4.79 Å². The molecule has 1 saturated carbocycles. The Morgan fingerprint density at radius 1 is 1.53 bits per heavy atom. The zero-order valence-corrected chi connectivity index (χ0v) is 10.0. The first-order valence-electron chi connectivity index (χ1n) is 6.05. The van der Waals surface area contributed by atoms with Gasteiger partial charge in [0.15, 0.2) is 0 Å². The van der Waals surface area contributed by atoms with Gasteiger partial charge in [-0.15, -0.1) is 0 Å². The molecule has 3 nitrogen and oxygen atoms in total. The second-order valence-electron chi connectivity index (χ2n) is 4.82. The van der Waals surface area contributed by atoms with Crippen molar-refractivity contribution in [1.29, 1.82) is 0 Å². The quantitative estimate of drug-likeness (QED) is 0.682. The summed E-state index contributed by atoms with van der Waals surface area (Å²) in [6, 6.07) is 0.344. The summed E-state index contributed by atoms with van der Waals surface area (Å²) in [6.45, 7) is 6.09. The summed E-state index contributed by atoms with van der Waals surface area (Å²) >= 11 is 0. The lowest BCUT2D eigenvalue weighted by atomic mass is 9.93. The first-order chi connectivity index (χ1) is 7.04. The summed E-state index contributed by atoms with van der Waals surface area (Å²) in [5.74, 6) is -0.361. The maximum Gasteiger partial charge on any atom is 0.323 e. The van der Waals surface area contributed by atoms with Gasteiger partial charge in [0.25, 0.3) is 0 Å². The number of hydrogen-bond acceptors (Lipinski definition) is 2. The Kier molecular flexibility index (Phi) is 4.14. The van der Waals surface area contributed by atoms with Gasteiger partial charge >= 0.3 is 5.97 Å². The maximum absolute atomic E-state index is 11.3. The molecule has 0 spiro atoms. The fourth-order valence-corrected chi connectivity index (χ4v) is 2.17. The van der Waals surface area contributed by atoms with Crippen LogP contribution in [0.2, 0.25) is 0 Å². The van der Waals surface area contributed by atoms with Crippen molar-refractivity contribution < 1.29 is 9.90 Å². The van der Waals surface area contributed by atoms with E-state index in [-0.39, 0.29) is 0 Å². The zero-order valence-electron chi connectivity index (χ0n) is 10.0. The maximum atomic E-state index is 11.3. The van der Waals surface area contributed by atoms with Gasteiger partial charge in [0.2, 0.25) is 0 Å². The summed E-state index contributed by atoms with van der Waals surface area (Å²) in [7, 11) is 0. The Bertz CT molecular complexity index is 226. The number of nitrogens with one attached hydrogen (secondary N) is 1. The number of carboxylic acid groups (broad SMARTS) is 1. The molecule has 15 heavy (non-hydrogen) atoms. The van der Waals surface area contributed by atoms with E-state index in [1.54, 1.807) is 0 Å². The molecule has 1 aliphatic carbocycles. The molecular weight excluding hydrogens is 190 g/mol. The predicted octanol–water partition coefficient (Wildman–Crippen LogP) is 2.41. The third-order valence-electron chi connectivity index (χ3n) is 3.47. The molecule has 0 aromatic carbocycles. The van der Waals surface area contributed by atoms with Gasteiger partial charge in [-0.25, -0.2) is 0 Å². The van der Waals surface area contributed by atoms with Crippen LogP contribution >= 0.6 is 0 Å². The second kappa shape index (κ2) is 4.97. The third-order valence-corrected chi connectivity index (χ3v) is 3.47. The number of aliphatic carboxylic acids is 1. The molecule has 1 rings (SSSR count).